The summed E-state index contributed by atoms with van der Waals surface area (Å²) >= 11 is 5.78. The van der Waals surface area contributed by atoms with Crippen LogP contribution in [0.3, 0.4) is 0 Å². The first-order valence-corrected chi connectivity index (χ1v) is 5.71. The SMILES string of the molecule is CC(C)CCC(=O)Nc1ccc(Cl)c(N)c1. The Labute approximate surface area is 101 Å². The van der Waals surface area contributed by atoms with Gasteiger partial charge in [-0.15, -0.1) is 0 Å². The van der Waals surface area contributed by atoms with E-state index in [-0.39, 0.29) is 5.91 Å². The van der Waals surface area contributed by atoms with Gasteiger partial charge in [0, 0.05) is 12.1 Å². The molecule has 4 heteroatoms. The minimum Gasteiger partial charge on any atom is -0.397 e. The number of hydrogen-bond acceptors (Lipinski definition) is 2. The first-order valence-electron chi connectivity index (χ1n) is 5.34. The summed E-state index contributed by atoms with van der Waals surface area (Å²) in [7, 11) is 0. The van der Waals surface area contributed by atoms with Crippen molar-refractivity contribution in [2.75, 3.05) is 11.1 Å². The molecule has 1 aromatic rings. The largest absolute Gasteiger partial charge is 0.397 e. The Kier molecular flexibility index (Phi) is 4.62. The number of carbonyl (C=O) groups is 1. The van der Waals surface area contributed by atoms with Gasteiger partial charge in [0.15, 0.2) is 0 Å². The number of nitrogen functional groups attached to an aromatic ring is 1. The van der Waals surface area contributed by atoms with Gasteiger partial charge in [-0.25, -0.2) is 0 Å². The van der Waals surface area contributed by atoms with Crippen molar-refractivity contribution in [2.45, 2.75) is 26.7 Å². The van der Waals surface area contributed by atoms with E-state index in [1.165, 1.54) is 0 Å². The predicted octanol–water partition coefficient (Wildman–Crippen LogP) is 3.30. The number of carbonyl (C=O) groups excluding carboxylic acids is 1. The fourth-order valence-corrected chi connectivity index (χ4v) is 1.38. The van der Waals surface area contributed by atoms with E-state index in [2.05, 4.69) is 19.2 Å². The number of nitrogens with two attached hydrogens (primary N) is 1. The third kappa shape index (κ3) is 4.11. The van der Waals surface area contributed by atoms with Crippen LogP contribution >= 0.6 is 11.6 Å². The van der Waals surface area contributed by atoms with Crippen molar-refractivity contribution in [1.29, 1.82) is 0 Å². The van der Waals surface area contributed by atoms with E-state index < -0.39 is 0 Å². The molecule has 0 aliphatic heterocycles. The van der Waals surface area contributed by atoms with Crippen LogP contribution in [0.4, 0.5) is 11.4 Å². The minimum atomic E-state index is 0.00965. The Balaban J connectivity index is 2.53. The van der Waals surface area contributed by atoms with Crippen molar-refractivity contribution < 1.29 is 4.79 Å². The fourth-order valence-electron chi connectivity index (χ4n) is 1.26. The zero-order valence-electron chi connectivity index (χ0n) is 9.59. The number of halogens is 1. The molecule has 0 heterocycles. The molecule has 0 bridgehead atoms. The summed E-state index contributed by atoms with van der Waals surface area (Å²) in [6.07, 6.45) is 1.41. The second-order valence-corrected chi connectivity index (χ2v) is 4.62. The topological polar surface area (TPSA) is 55.1 Å². The van der Waals surface area contributed by atoms with Gasteiger partial charge in [-0.05, 0) is 30.5 Å². The van der Waals surface area contributed by atoms with Crippen LogP contribution in [0.1, 0.15) is 26.7 Å². The molecule has 1 amide bonds. The zero-order valence-corrected chi connectivity index (χ0v) is 10.3. The maximum absolute atomic E-state index is 11.5. The molecule has 0 saturated heterocycles. The standard InChI is InChI=1S/C12H17ClN2O/c1-8(2)3-6-12(16)15-9-4-5-10(13)11(14)7-9/h4-5,7-8H,3,6,14H2,1-2H3,(H,15,16). The molecule has 0 aromatic heterocycles. The first kappa shape index (κ1) is 12.8. The highest BCUT2D eigenvalue weighted by Gasteiger charge is 2.05. The molecule has 0 radical (unpaired) electrons. The summed E-state index contributed by atoms with van der Waals surface area (Å²) in [6.45, 7) is 4.18. The molecule has 0 atom stereocenters. The van der Waals surface area contributed by atoms with Gasteiger partial charge in [0.1, 0.15) is 0 Å². The van der Waals surface area contributed by atoms with Gasteiger partial charge in [0.05, 0.1) is 10.7 Å². The zero-order chi connectivity index (χ0) is 12.1. The quantitative estimate of drug-likeness (QED) is 0.794. The third-order valence-electron chi connectivity index (χ3n) is 2.23. The summed E-state index contributed by atoms with van der Waals surface area (Å²) in [5.74, 6) is 0.538. The average Bonchev–Trinajstić information content (AvgIpc) is 2.21. The van der Waals surface area contributed by atoms with Crippen LogP contribution in [-0.4, -0.2) is 5.91 Å². The summed E-state index contributed by atoms with van der Waals surface area (Å²) in [5.41, 5.74) is 6.80. The molecule has 3 nitrogen and oxygen atoms in total. The van der Waals surface area contributed by atoms with Crippen molar-refractivity contribution >= 4 is 28.9 Å². The lowest BCUT2D eigenvalue weighted by molar-refractivity contribution is -0.116. The summed E-state index contributed by atoms with van der Waals surface area (Å²) in [4.78, 5) is 11.5. The molecule has 0 saturated carbocycles. The van der Waals surface area contributed by atoms with Crippen molar-refractivity contribution in [3.63, 3.8) is 0 Å². The predicted molar refractivity (Wildman–Crippen MR) is 68.6 cm³/mol. The molecule has 0 aliphatic rings. The smallest absolute Gasteiger partial charge is 0.224 e. The maximum Gasteiger partial charge on any atom is 0.224 e. The van der Waals surface area contributed by atoms with Crippen LogP contribution in [0.5, 0.6) is 0 Å². The fraction of sp³-hybridized carbons (Fsp3) is 0.417. The molecule has 1 aromatic carbocycles. The molecule has 88 valence electrons. The lowest BCUT2D eigenvalue weighted by Crippen LogP contribution is -2.12. The lowest BCUT2D eigenvalue weighted by atomic mass is 10.1. The Morgan fingerprint density at radius 1 is 1.50 bits per heavy atom. The molecule has 16 heavy (non-hydrogen) atoms. The number of hydrogen-bond donors (Lipinski definition) is 2. The van der Waals surface area contributed by atoms with Crippen LogP contribution in [0.15, 0.2) is 18.2 Å². The van der Waals surface area contributed by atoms with Crippen LogP contribution in [0, 0.1) is 5.92 Å². The molecular weight excluding hydrogens is 224 g/mol. The monoisotopic (exact) mass is 240 g/mol. The number of anilines is 2. The lowest BCUT2D eigenvalue weighted by Gasteiger charge is -2.08. The molecule has 3 N–H and O–H groups in total. The van der Waals surface area contributed by atoms with Gasteiger partial charge >= 0.3 is 0 Å². The Hall–Kier alpha value is -1.22. The summed E-state index contributed by atoms with van der Waals surface area (Å²) in [6, 6.07) is 5.08. The van der Waals surface area contributed by atoms with Gasteiger partial charge in [0.2, 0.25) is 5.91 Å². The Bertz CT molecular complexity index is 377. The highest BCUT2D eigenvalue weighted by atomic mass is 35.5. The number of amides is 1. The van der Waals surface area contributed by atoms with E-state index in [1.807, 2.05) is 0 Å². The van der Waals surface area contributed by atoms with Crippen LogP contribution in [-0.2, 0) is 4.79 Å². The average molecular weight is 241 g/mol. The Morgan fingerprint density at radius 3 is 2.75 bits per heavy atom. The van der Waals surface area contributed by atoms with E-state index in [0.717, 1.165) is 6.42 Å². The van der Waals surface area contributed by atoms with E-state index in [1.54, 1.807) is 18.2 Å². The minimum absolute atomic E-state index is 0.00965. The van der Waals surface area contributed by atoms with Gasteiger partial charge in [-0.2, -0.15) is 0 Å². The van der Waals surface area contributed by atoms with Crippen molar-refractivity contribution in [3.8, 4) is 0 Å². The maximum atomic E-state index is 11.5. The molecule has 1 rings (SSSR count). The van der Waals surface area contributed by atoms with Gasteiger partial charge in [0.25, 0.3) is 0 Å². The van der Waals surface area contributed by atoms with Gasteiger partial charge in [-0.1, -0.05) is 25.4 Å². The number of benzene rings is 1. The van der Waals surface area contributed by atoms with Crippen LogP contribution in [0.25, 0.3) is 0 Å². The molecule has 0 unspecified atom stereocenters. The number of nitrogens with one attached hydrogen (secondary N) is 1. The summed E-state index contributed by atoms with van der Waals surface area (Å²) < 4.78 is 0. The van der Waals surface area contributed by atoms with E-state index >= 15 is 0 Å². The van der Waals surface area contributed by atoms with Crippen LogP contribution < -0.4 is 11.1 Å². The van der Waals surface area contributed by atoms with Crippen LogP contribution in [0.2, 0.25) is 5.02 Å². The number of rotatable bonds is 4. The van der Waals surface area contributed by atoms with Crippen molar-refractivity contribution in [3.05, 3.63) is 23.2 Å². The second kappa shape index (κ2) is 5.75. The van der Waals surface area contributed by atoms with Crippen molar-refractivity contribution in [1.82, 2.24) is 0 Å². The third-order valence-corrected chi connectivity index (χ3v) is 2.57. The van der Waals surface area contributed by atoms with Gasteiger partial charge in [-0.3, -0.25) is 4.79 Å². The Morgan fingerprint density at radius 2 is 2.19 bits per heavy atom. The van der Waals surface area contributed by atoms with E-state index in [4.69, 9.17) is 17.3 Å². The highest BCUT2D eigenvalue weighted by molar-refractivity contribution is 6.33. The van der Waals surface area contributed by atoms with Gasteiger partial charge < -0.3 is 11.1 Å². The first-order chi connectivity index (χ1) is 7.49. The van der Waals surface area contributed by atoms with E-state index in [9.17, 15) is 4.79 Å². The second-order valence-electron chi connectivity index (χ2n) is 4.22. The summed E-state index contributed by atoms with van der Waals surface area (Å²) in [5, 5.41) is 3.29. The molecular formula is C12H17ClN2O. The van der Waals surface area contributed by atoms with Crippen molar-refractivity contribution in [2.24, 2.45) is 5.92 Å². The molecule has 0 aliphatic carbocycles. The van der Waals surface area contributed by atoms with E-state index in [0.29, 0.717) is 28.7 Å². The highest BCUT2D eigenvalue weighted by Crippen LogP contribution is 2.22. The molecule has 0 spiro atoms. The molecule has 0 fully saturated rings. The normalized spacial score (nSPS) is 10.5.